The number of fused-ring (bicyclic) bond motifs is 1. The Kier molecular flexibility index (Phi) is 1.65. The van der Waals surface area contributed by atoms with Crippen LogP contribution < -0.4 is 10.3 Å². The lowest BCUT2D eigenvalue weighted by Crippen LogP contribution is -2.34. The van der Waals surface area contributed by atoms with Gasteiger partial charge < -0.3 is 4.42 Å². The second kappa shape index (κ2) is 2.69. The molecule has 0 aliphatic carbocycles. The van der Waals surface area contributed by atoms with Crippen molar-refractivity contribution < 1.29 is 8.98 Å². The Balaban J connectivity index is 2.80. The van der Waals surface area contributed by atoms with Crippen molar-refractivity contribution in [3.05, 3.63) is 22.6 Å². The fraction of sp³-hybridized carbons (Fsp3) is 0.375. The fourth-order valence-corrected chi connectivity index (χ4v) is 1.29. The molecule has 0 spiro atoms. The van der Waals surface area contributed by atoms with E-state index in [9.17, 15) is 4.79 Å². The lowest BCUT2D eigenvalue weighted by atomic mass is 10.4. The molecule has 2 aromatic rings. The topological polar surface area (TPSA) is 62.8 Å². The maximum Gasteiger partial charge on any atom is 0.420 e. The Hall–Kier alpha value is -1.65. The van der Waals surface area contributed by atoms with Gasteiger partial charge in [-0.05, 0) is 4.98 Å². The fourth-order valence-electron chi connectivity index (χ4n) is 1.29. The lowest BCUT2D eigenvalue weighted by molar-refractivity contribution is -0.681. The van der Waals surface area contributed by atoms with Crippen LogP contribution in [0.15, 0.2) is 15.4 Å². The van der Waals surface area contributed by atoms with Crippen LogP contribution in [0.3, 0.4) is 0 Å². The number of nitrogens with zero attached hydrogens (tertiary/aromatic N) is 2. The molecule has 2 heterocycles. The van der Waals surface area contributed by atoms with Gasteiger partial charge in [-0.3, -0.25) is 4.98 Å². The second-order valence-electron chi connectivity index (χ2n) is 2.85. The van der Waals surface area contributed by atoms with E-state index in [0.29, 0.717) is 11.2 Å². The van der Waals surface area contributed by atoms with Crippen LogP contribution in [0.1, 0.15) is 12.7 Å². The van der Waals surface area contributed by atoms with Crippen LogP contribution in [0, 0.1) is 0 Å². The maximum atomic E-state index is 10.8. The molecule has 2 rings (SSSR count). The molecule has 0 aromatic carbocycles. The number of H-pyrrole nitrogens is 1. The van der Waals surface area contributed by atoms with Crippen molar-refractivity contribution in [3.63, 3.8) is 0 Å². The van der Waals surface area contributed by atoms with Gasteiger partial charge in [0.1, 0.15) is 6.20 Å². The molecular formula is C8H10N3O2+. The molecule has 5 nitrogen and oxygen atoms in total. The van der Waals surface area contributed by atoms with Gasteiger partial charge in [0.25, 0.3) is 5.65 Å². The maximum absolute atomic E-state index is 10.8. The van der Waals surface area contributed by atoms with E-state index in [1.165, 1.54) is 0 Å². The zero-order valence-electron chi connectivity index (χ0n) is 7.50. The van der Waals surface area contributed by atoms with E-state index in [0.717, 1.165) is 12.2 Å². The normalized spacial score (nSPS) is 10.9. The zero-order chi connectivity index (χ0) is 9.42. The quantitative estimate of drug-likeness (QED) is 0.623. The first kappa shape index (κ1) is 7.97. The van der Waals surface area contributed by atoms with E-state index >= 15 is 0 Å². The highest BCUT2D eigenvalue weighted by molar-refractivity contribution is 5.64. The predicted octanol–water partition coefficient (Wildman–Crippen LogP) is -0.0970. The van der Waals surface area contributed by atoms with Crippen molar-refractivity contribution in [2.45, 2.75) is 13.3 Å². The van der Waals surface area contributed by atoms with E-state index < -0.39 is 5.76 Å². The molecule has 0 atom stereocenters. The first-order valence-electron chi connectivity index (χ1n) is 4.09. The number of oxazole rings is 1. The Morgan fingerprint density at radius 2 is 2.46 bits per heavy atom. The summed E-state index contributed by atoms with van der Waals surface area (Å²) in [6.07, 6.45) is 2.57. The van der Waals surface area contributed by atoms with Gasteiger partial charge in [0.15, 0.2) is 0 Å². The summed E-state index contributed by atoms with van der Waals surface area (Å²) in [5.41, 5.74) is 1.00. The molecule has 0 radical (unpaired) electrons. The summed E-state index contributed by atoms with van der Waals surface area (Å²) >= 11 is 0. The first-order valence-corrected chi connectivity index (χ1v) is 4.09. The van der Waals surface area contributed by atoms with Crippen LogP contribution in [0.2, 0.25) is 0 Å². The molecule has 0 amide bonds. The number of aromatic nitrogens is 3. The summed E-state index contributed by atoms with van der Waals surface area (Å²) in [5, 5.41) is 0. The highest BCUT2D eigenvalue weighted by atomic mass is 16.4. The minimum atomic E-state index is -0.462. The first-order chi connectivity index (χ1) is 6.20. The molecule has 0 aliphatic heterocycles. The lowest BCUT2D eigenvalue weighted by Gasteiger charge is -1.92. The van der Waals surface area contributed by atoms with Gasteiger partial charge in [0.05, 0.1) is 13.5 Å². The van der Waals surface area contributed by atoms with Crippen LogP contribution in [-0.4, -0.2) is 9.97 Å². The summed E-state index contributed by atoms with van der Waals surface area (Å²) in [5.74, 6) is 0.445. The molecule has 5 heteroatoms. The molecule has 2 aromatic heterocycles. The van der Waals surface area contributed by atoms with Crippen molar-refractivity contribution in [1.82, 2.24) is 9.97 Å². The average Bonchev–Trinajstić information content (AvgIpc) is 2.42. The van der Waals surface area contributed by atoms with Crippen molar-refractivity contribution in [2.24, 2.45) is 7.05 Å². The van der Waals surface area contributed by atoms with Gasteiger partial charge in [-0.1, -0.05) is 6.92 Å². The molecule has 0 unspecified atom stereocenters. The molecule has 0 saturated carbocycles. The molecule has 68 valence electrons. The van der Waals surface area contributed by atoms with Gasteiger partial charge in [-0.15, -0.1) is 0 Å². The molecule has 0 bridgehead atoms. The Bertz CT molecular complexity index is 498. The molecule has 0 fully saturated rings. The van der Waals surface area contributed by atoms with Gasteiger partial charge in [-0.25, -0.2) is 9.36 Å². The summed E-state index contributed by atoms with van der Waals surface area (Å²) in [4.78, 5) is 17.6. The molecular weight excluding hydrogens is 170 g/mol. The zero-order valence-corrected chi connectivity index (χ0v) is 7.50. The third-order valence-corrected chi connectivity index (χ3v) is 1.93. The SMILES string of the molecule is CCc1nc2[nH]c(=O)oc2c[n+]1C. The summed E-state index contributed by atoms with van der Waals surface area (Å²) in [6.45, 7) is 2.01. The number of nitrogens with one attached hydrogen (secondary N) is 1. The summed E-state index contributed by atoms with van der Waals surface area (Å²) in [7, 11) is 1.87. The van der Waals surface area contributed by atoms with Gasteiger partial charge in [0.2, 0.25) is 5.58 Å². The minimum absolute atomic E-state index is 0.462. The van der Waals surface area contributed by atoms with Crippen LogP contribution >= 0.6 is 0 Å². The highest BCUT2D eigenvalue weighted by Gasteiger charge is 2.14. The minimum Gasteiger partial charge on any atom is -0.400 e. The number of aryl methyl sites for hydroxylation is 2. The largest absolute Gasteiger partial charge is 0.420 e. The van der Waals surface area contributed by atoms with Crippen LogP contribution in [0.25, 0.3) is 11.2 Å². The van der Waals surface area contributed by atoms with E-state index in [-0.39, 0.29) is 0 Å². The number of aromatic amines is 1. The Labute approximate surface area is 74.0 Å². The smallest absolute Gasteiger partial charge is 0.400 e. The molecule has 1 N–H and O–H groups in total. The Morgan fingerprint density at radius 3 is 3.15 bits per heavy atom. The number of rotatable bonds is 1. The molecule has 0 saturated heterocycles. The van der Waals surface area contributed by atoms with Crippen molar-refractivity contribution in [2.75, 3.05) is 0 Å². The predicted molar refractivity (Wildman–Crippen MR) is 45.2 cm³/mol. The monoisotopic (exact) mass is 180 g/mol. The summed E-state index contributed by atoms with van der Waals surface area (Å²) in [6, 6.07) is 0. The number of hydrogen-bond donors (Lipinski definition) is 1. The summed E-state index contributed by atoms with van der Waals surface area (Å²) < 4.78 is 6.70. The Morgan fingerprint density at radius 1 is 1.69 bits per heavy atom. The van der Waals surface area contributed by atoms with Gasteiger partial charge in [-0.2, -0.15) is 0 Å². The van der Waals surface area contributed by atoms with E-state index in [1.807, 2.05) is 18.5 Å². The van der Waals surface area contributed by atoms with Gasteiger partial charge in [0, 0.05) is 0 Å². The van der Waals surface area contributed by atoms with Crippen molar-refractivity contribution in [3.8, 4) is 0 Å². The highest BCUT2D eigenvalue weighted by Crippen LogP contribution is 2.03. The van der Waals surface area contributed by atoms with E-state index in [4.69, 9.17) is 4.42 Å². The number of hydrogen-bond acceptors (Lipinski definition) is 3. The van der Waals surface area contributed by atoms with Crippen molar-refractivity contribution in [1.29, 1.82) is 0 Å². The third kappa shape index (κ3) is 1.22. The standard InChI is InChI=1S/C8H9N3O2/c1-3-6-9-7-5(4-11(6)2)13-8(12)10-7/h4H,3H2,1-2H3/p+1. The van der Waals surface area contributed by atoms with E-state index in [2.05, 4.69) is 9.97 Å². The molecule has 13 heavy (non-hydrogen) atoms. The van der Waals surface area contributed by atoms with Crippen molar-refractivity contribution >= 4 is 11.2 Å². The van der Waals surface area contributed by atoms with E-state index in [1.54, 1.807) is 6.20 Å². The van der Waals surface area contributed by atoms with Crippen LogP contribution in [0.4, 0.5) is 0 Å². The molecule has 0 aliphatic rings. The van der Waals surface area contributed by atoms with Crippen LogP contribution in [0.5, 0.6) is 0 Å². The average molecular weight is 180 g/mol. The van der Waals surface area contributed by atoms with Crippen LogP contribution in [-0.2, 0) is 13.5 Å². The third-order valence-electron chi connectivity index (χ3n) is 1.93. The second-order valence-corrected chi connectivity index (χ2v) is 2.85. The van der Waals surface area contributed by atoms with Gasteiger partial charge >= 0.3 is 11.6 Å².